The molecule has 0 aliphatic heterocycles. The summed E-state index contributed by atoms with van der Waals surface area (Å²) in [5.74, 6) is 0.221. The monoisotopic (exact) mass is 337 g/mol. The van der Waals surface area contributed by atoms with E-state index >= 15 is 0 Å². The highest BCUT2D eigenvalue weighted by Crippen LogP contribution is 2.19. The van der Waals surface area contributed by atoms with Gasteiger partial charge in [0.05, 0.1) is 22.5 Å². The van der Waals surface area contributed by atoms with Crippen molar-refractivity contribution in [2.24, 2.45) is 5.10 Å². The van der Waals surface area contributed by atoms with Gasteiger partial charge in [-0.15, -0.1) is 0 Å². The summed E-state index contributed by atoms with van der Waals surface area (Å²) in [5.41, 5.74) is 4.17. The predicted octanol–water partition coefficient (Wildman–Crippen LogP) is 3.18. The van der Waals surface area contributed by atoms with E-state index in [1.807, 2.05) is 36.4 Å². The molecule has 0 radical (unpaired) electrons. The standard InChI is InChI=1S/C18H15N3O2S/c22-15-8-5-13(6-9-15)11-19-21-17(23)12-24-18-10-7-14-3-1-2-4-16(14)20-18/h1-11,22H,12H2,(H,21,23)/b19-11+. The zero-order valence-corrected chi connectivity index (χ0v) is 13.5. The van der Waals surface area contributed by atoms with Crippen LogP contribution in [0.1, 0.15) is 5.56 Å². The Bertz CT molecular complexity index is 879. The molecule has 2 aromatic carbocycles. The molecule has 24 heavy (non-hydrogen) atoms. The SMILES string of the molecule is O=C(CSc1ccc2ccccc2n1)N/N=C/c1ccc(O)cc1. The first-order valence-electron chi connectivity index (χ1n) is 7.30. The third kappa shape index (κ3) is 4.33. The topological polar surface area (TPSA) is 74.6 Å². The van der Waals surface area contributed by atoms with Gasteiger partial charge < -0.3 is 5.11 Å². The molecule has 0 saturated heterocycles. The Kier molecular flexibility index (Phi) is 5.08. The number of phenols is 1. The molecule has 6 heteroatoms. The summed E-state index contributed by atoms with van der Waals surface area (Å²) < 4.78 is 0. The first-order chi connectivity index (χ1) is 11.7. The molecular weight excluding hydrogens is 322 g/mol. The Morgan fingerprint density at radius 1 is 1.12 bits per heavy atom. The van der Waals surface area contributed by atoms with E-state index in [4.69, 9.17) is 0 Å². The average Bonchev–Trinajstić information content (AvgIpc) is 2.61. The highest BCUT2D eigenvalue weighted by atomic mass is 32.2. The van der Waals surface area contributed by atoms with Crippen LogP contribution in [0.15, 0.2) is 70.8 Å². The molecule has 0 bridgehead atoms. The molecular formula is C18H15N3O2S. The van der Waals surface area contributed by atoms with E-state index in [0.29, 0.717) is 0 Å². The van der Waals surface area contributed by atoms with Crippen molar-refractivity contribution in [2.75, 3.05) is 5.75 Å². The van der Waals surface area contributed by atoms with Crippen LogP contribution < -0.4 is 5.43 Å². The van der Waals surface area contributed by atoms with Crippen molar-refractivity contribution in [3.05, 3.63) is 66.2 Å². The molecule has 3 aromatic rings. The molecule has 0 saturated carbocycles. The van der Waals surface area contributed by atoms with E-state index in [2.05, 4.69) is 15.5 Å². The number of thioether (sulfide) groups is 1. The molecule has 0 atom stereocenters. The molecule has 0 fully saturated rings. The van der Waals surface area contributed by atoms with Crippen molar-refractivity contribution in [1.29, 1.82) is 0 Å². The lowest BCUT2D eigenvalue weighted by molar-refractivity contribution is -0.118. The average molecular weight is 337 g/mol. The van der Waals surface area contributed by atoms with Gasteiger partial charge in [0.1, 0.15) is 5.75 Å². The van der Waals surface area contributed by atoms with Crippen LogP contribution >= 0.6 is 11.8 Å². The summed E-state index contributed by atoms with van der Waals surface area (Å²) in [6, 6.07) is 18.3. The van der Waals surface area contributed by atoms with Crippen LogP contribution in [0.25, 0.3) is 10.9 Å². The Balaban J connectivity index is 1.52. The van der Waals surface area contributed by atoms with Crippen LogP contribution in [-0.2, 0) is 4.79 Å². The number of aromatic nitrogens is 1. The van der Waals surface area contributed by atoms with Gasteiger partial charge in [0.15, 0.2) is 0 Å². The number of amides is 1. The lowest BCUT2D eigenvalue weighted by atomic mass is 10.2. The minimum Gasteiger partial charge on any atom is -0.508 e. The molecule has 3 rings (SSSR count). The van der Waals surface area contributed by atoms with Gasteiger partial charge in [-0.2, -0.15) is 5.10 Å². The minimum atomic E-state index is -0.204. The number of hydrogen-bond acceptors (Lipinski definition) is 5. The number of nitrogens with one attached hydrogen (secondary N) is 1. The fourth-order valence-electron chi connectivity index (χ4n) is 2.04. The molecule has 1 heterocycles. The summed E-state index contributed by atoms with van der Waals surface area (Å²) in [4.78, 5) is 16.3. The number of hydrazone groups is 1. The van der Waals surface area contributed by atoms with E-state index in [-0.39, 0.29) is 17.4 Å². The lowest BCUT2D eigenvalue weighted by Gasteiger charge is -2.02. The van der Waals surface area contributed by atoms with Gasteiger partial charge in [0.2, 0.25) is 5.91 Å². The summed E-state index contributed by atoms with van der Waals surface area (Å²) in [6.45, 7) is 0. The summed E-state index contributed by atoms with van der Waals surface area (Å²) in [5, 5.41) is 15.0. The fourth-order valence-corrected chi connectivity index (χ4v) is 2.71. The number of phenolic OH excluding ortho intramolecular Hbond substituents is 1. The van der Waals surface area contributed by atoms with Crippen LogP contribution in [0.2, 0.25) is 0 Å². The van der Waals surface area contributed by atoms with Gasteiger partial charge in [-0.3, -0.25) is 4.79 Å². The highest BCUT2D eigenvalue weighted by molar-refractivity contribution is 7.99. The third-order valence-electron chi connectivity index (χ3n) is 3.22. The quantitative estimate of drug-likeness (QED) is 0.426. The number of nitrogens with zero attached hydrogens (tertiary/aromatic N) is 2. The van der Waals surface area contributed by atoms with Crippen LogP contribution in [0, 0.1) is 0 Å². The van der Waals surface area contributed by atoms with Crippen molar-refractivity contribution in [2.45, 2.75) is 5.03 Å². The number of hydrogen-bond donors (Lipinski definition) is 2. The maximum Gasteiger partial charge on any atom is 0.250 e. The molecule has 120 valence electrons. The van der Waals surface area contributed by atoms with Crippen molar-refractivity contribution < 1.29 is 9.90 Å². The zero-order valence-electron chi connectivity index (χ0n) is 12.7. The van der Waals surface area contributed by atoms with Gasteiger partial charge in [0, 0.05) is 5.39 Å². The Labute approximate surface area is 143 Å². The van der Waals surface area contributed by atoms with E-state index in [1.165, 1.54) is 18.0 Å². The van der Waals surface area contributed by atoms with Crippen LogP contribution in [-0.4, -0.2) is 28.0 Å². The van der Waals surface area contributed by atoms with Crippen molar-refractivity contribution >= 4 is 34.8 Å². The van der Waals surface area contributed by atoms with Gasteiger partial charge >= 0.3 is 0 Å². The number of carbonyl (C=O) groups excluding carboxylic acids is 1. The number of fused-ring (bicyclic) bond motifs is 1. The second-order valence-corrected chi connectivity index (χ2v) is 6.01. The first-order valence-corrected chi connectivity index (χ1v) is 8.29. The Hall–Kier alpha value is -2.86. The van der Waals surface area contributed by atoms with Gasteiger partial charge in [0.25, 0.3) is 0 Å². The van der Waals surface area contributed by atoms with Crippen molar-refractivity contribution in [1.82, 2.24) is 10.4 Å². The number of pyridine rings is 1. The van der Waals surface area contributed by atoms with E-state index in [9.17, 15) is 9.90 Å². The molecule has 1 aromatic heterocycles. The second kappa shape index (κ2) is 7.61. The molecule has 2 N–H and O–H groups in total. The van der Waals surface area contributed by atoms with Crippen molar-refractivity contribution in [3.63, 3.8) is 0 Å². The Morgan fingerprint density at radius 3 is 2.75 bits per heavy atom. The number of benzene rings is 2. The maximum absolute atomic E-state index is 11.8. The summed E-state index contributed by atoms with van der Waals surface area (Å²) in [6.07, 6.45) is 1.52. The lowest BCUT2D eigenvalue weighted by Crippen LogP contribution is -2.19. The van der Waals surface area contributed by atoms with E-state index in [1.54, 1.807) is 24.3 Å². The molecule has 1 amide bonds. The normalized spacial score (nSPS) is 11.0. The number of rotatable bonds is 5. The van der Waals surface area contributed by atoms with Crippen LogP contribution in [0.5, 0.6) is 5.75 Å². The second-order valence-electron chi connectivity index (χ2n) is 5.02. The number of aromatic hydroxyl groups is 1. The molecule has 0 spiro atoms. The van der Waals surface area contributed by atoms with Gasteiger partial charge in [-0.05, 0) is 42.0 Å². The largest absolute Gasteiger partial charge is 0.508 e. The van der Waals surface area contributed by atoms with Crippen LogP contribution in [0.3, 0.4) is 0 Å². The predicted molar refractivity (Wildman–Crippen MR) is 96.3 cm³/mol. The van der Waals surface area contributed by atoms with Crippen molar-refractivity contribution in [3.8, 4) is 5.75 Å². The summed E-state index contributed by atoms with van der Waals surface area (Å²) in [7, 11) is 0. The van der Waals surface area contributed by atoms with Gasteiger partial charge in [-0.25, -0.2) is 10.4 Å². The molecule has 0 aliphatic carbocycles. The highest BCUT2D eigenvalue weighted by Gasteiger charge is 2.03. The summed E-state index contributed by atoms with van der Waals surface area (Å²) >= 11 is 1.36. The fraction of sp³-hybridized carbons (Fsp3) is 0.0556. The molecule has 5 nitrogen and oxygen atoms in total. The smallest absolute Gasteiger partial charge is 0.250 e. The number of para-hydroxylation sites is 1. The first kappa shape index (κ1) is 16.0. The number of carbonyl (C=O) groups is 1. The Morgan fingerprint density at radius 2 is 1.92 bits per heavy atom. The zero-order chi connectivity index (χ0) is 16.8. The maximum atomic E-state index is 11.8. The molecule has 0 unspecified atom stereocenters. The molecule has 0 aliphatic rings. The van der Waals surface area contributed by atoms with E-state index < -0.39 is 0 Å². The van der Waals surface area contributed by atoms with Gasteiger partial charge in [-0.1, -0.05) is 36.0 Å². The third-order valence-corrected chi connectivity index (χ3v) is 4.15. The van der Waals surface area contributed by atoms with E-state index in [0.717, 1.165) is 21.5 Å². The van der Waals surface area contributed by atoms with Crippen LogP contribution in [0.4, 0.5) is 0 Å². The minimum absolute atomic E-state index is 0.190.